The topological polar surface area (TPSA) is 75.7 Å². The molecule has 0 atom stereocenters. The van der Waals surface area contributed by atoms with E-state index in [0.717, 1.165) is 22.2 Å². The van der Waals surface area contributed by atoms with Crippen LogP contribution in [0.2, 0.25) is 0 Å². The lowest BCUT2D eigenvalue weighted by Gasteiger charge is -2.22. The summed E-state index contributed by atoms with van der Waals surface area (Å²) in [4.78, 5) is 12.4. The lowest BCUT2D eigenvalue weighted by atomic mass is 10.2. The lowest BCUT2D eigenvalue weighted by Crippen LogP contribution is -2.37. The van der Waals surface area contributed by atoms with Gasteiger partial charge in [0.05, 0.1) is 11.9 Å². The second kappa shape index (κ2) is 9.41. The van der Waals surface area contributed by atoms with Crippen molar-refractivity contribution in [1.29, 1.82) is 0 Å². The Morgan fingerprint density at radius 3 is 2.33 bits per heavy atom. The summed E-state index contributed by atoms with van der Waals surface area (Å²) in [7, 11) is -3.78. The zero-order valence-corrected chi connectivity index (χ0v) is 17.1. The van der Waals surface area contributed by atoms with E-state index in [2.05, 4.69) is 5.32 Å². The molecule has 0 saturated heterocycles. The normalized spacial score (nSPS) is 11.0. The van der Waals surface area contributed by atoms with Crippen LogP contribution in [0.15, 0.2) is 78.9 Å². The highest BCUT2D eigenvalue weighted by atomic mass is 32.2. The quantitative estimate of drug-likeness (QED) is 0.592. The van der Waals surface area contributed by atoms with Gasteiger partial charge < -0.3 is 10.1 Å². The minimum atomic E-state index is -3.78. The Morgan fingerprint density at radius 1 is 1.00 bits per heavy atom. The maximum absolute atomic E-state index is 13.5. The van der Waals surface area contributed by atoms with E-state index in [9.17, 15) is 17.6 Å². The number of halogens is 1. The molecule has 8 heteroatoms. The largest absolute Gasteiger partial charge is 0.489 e. The molecule has 3 aromatic rings. The molecule has 0 fully saturated rings. The minimum absolute atomic E-state index is 0.0808. The number of sulfonamides is 1. The van der Waals surface area contributed by atoms with Gasteiger partial charge in [-0.1, -0.05) is 36.4 Å². The highest BCUT2D eigenvalue weighted by Gasteiger charge is 2.21. The summed E-state index contributed by atoms with van der Waals surface area (Å²) in [6, 6.07) is 21.5. The van der Waals surface area contributed by atoms with Crippen LogP contribution in [0.4, 0.5) is 15.8 Å². The van der Waals surface area contributed by atoms with Crippen LogP contribution in [0.3, 0.4) is 0 Å². The van der Waals surface area contributed by atoms with Crippen LogP contribution in [0, 0.1) is 5.82 Å². The highest BCUT2D eigenvalue weighted by molar-refractivity contribution is 7.92. The van der Waals surface area contributed by atoms with Crippen molar-refractivity contribution in [2.45, 2.75) is 6.61 Å². The molecule has 0 aliphatic rings. The number of nitrogens with zero attached hydrogens (tertiary/aromatic N) is 1. The Kier molecular flexibility index (Phi) is 6.68. The number of hydrogen-bond acceptors (Lipinski definition) is 4. The van der Waals surface area contributed by atoms with Gasteiger partial charge in [-0.15, -0.1) is 0 Å². The molecule has 0 aromatic heterocycles. The van der Waals surface area contributed by atoms with Crippen molar-refractivity contribution in [1.82, 2.24) is 0 Å². The number of anilines is 2. The smallest absolute Gasteiger partial charge is 0.245 e. The van der Waals surface area contributed by atoms with Crippen LogP contribution in [0.1, 0.15) is 5.56 Å². The molecule has 0 aliphatic carbocycles. The number of nitrogens with one attached hydrogen (secondary N) is 1. The minimum Gasteiger partial charge on any atom is -0.489 e. The first kappa shape index (κ1) is 21.3. The summed E-state index contributed by atoms with van der Waals surface area (Å²) >= 11 is 0. The number of carbonyl (C=O) groups is 1. The Morgan fingerprint density at radius 2 is 1.70 bits per heavy atom. The Bertz CT molecular complexity index is 1100. The molecule has 3 rings (SSSR count). The summed E-state index contributed by atoms with van der Waals surface area (Å²) in [5, 5.41) is 2.64. The number of hydrogen-bond donors (Lipinski definition) is 1. The molecule has 0 spiro atoms. The summed E-state index contributed by atoms with van der Waals surface area (Å²) in [6.45, 7) is -0.0575. The van der Waals surface area contributed by atoms with E-state index in [1.165, 1.54) is 18.2 Å². The van der Waals surface area contributed by atoms with Gasteiger partial charge in [-0.25, -0.2) is 12.8 Å². The number of ether oxygens (including phenoxy) is 1. The number of carbonyl (C=O) groups excluding carboxylic acids is 1. The van der Waals surface area contributed by atoms with E-state index >= 15 is 0 Å². The first-order chi connectivity index (χ1) is 14.3. The van der Waals surface area contributed by atoms with E-state index < -0.39 is 28.3 Å². The number of amides is 1. The predicted molar refractivity (Wildman–Crippen MR) is 114 cm³/mol. The Balaban J connectivity index is 1.61. The molecule has 0 saturated carbocycles. The van der Waals surface area contributed by atoms with E-state index in [0.29, 0.717) is 18.0 Å². The van der Waals surface area contributed by atoms with E-state index in [4.69, 9.17) is 4.74 Å². The van der Waals surface area contributed by atoms with Gasteiger partial charge >= 0.3 is 0 Å². The molecule has 1 amide bonds. The average Bonchev–Trinajstić information content (AvgIpc) is 2.71. The second-order valence-electron chi connectivity index (χ2n) is 6.60. The monoisotopic (exact) mass is 428 g/mol. The SMILES string of the molecule is CS(=O)(=O)N(CC(=O)Nc1ccc(OCc2ccccc2)cc1)c1cccc(F)c1. The Hall–Kier alpha value is -3.39. The maximum atomic E-state index is 13.5. The van der Waals surface area contributed by atoms with Crippen LogP contribution in [0.25, 0.3) is 0 Å². The predicted octanol–water partition coefficient (Wildman–Crippen LogP) is 3.81. The fraction of sp³-hybridized carbons (Fsp3) is 0.136. The first-order valence-corrected chi connectivity index (χ1v) is 11.0. The molecule has 0 bridgehead atoms. The highest BCUT2D eigenvalue weighted by Crippen LogP contribution is 2.20. The molecular weight excluding hydrogens is 407 g/mol. The number of rotatable bonds is 8. The first-order valence-electron chi connectivity index (χ1n) is 9.11. The fourth-order valence-corrected chi connectivity index (χ4v) is 3.59. The van der Waals surface area contributed by atoms with Gasteiger partial charge in [-0.3, -0.25) is 9.10 Å². The fourth-order valence-electron chi connectivity index (χ4n) is 2.74. The third-order valence-corrected chi connectivity index (χ3v) is 5.31. The zero-order chi connectivity index (χ0) is 21.6. The van der Waals surface area contributed by atoms with Crippen LogP contribution in [-0.2, 0) is 21.4 Å². The van der Waals surface area contributed by atoms with Gasteiger partial charge in [0.15, 0.2) is 0 Å². The second-order valence-corrected chi connectivity index (χ2v) is 8.50. The van der Waals surface area contributed by atoms with Crippen molar-refractivity contribution in [3.8, 4) is 5.75 Å². The van der Waals surface area contributed by atoms with Gasteiger partial charge in [-0.05, 0) is 48.0 Å². The van der Waals surface area contributed by atoms with Crippen molar-refractivity contribution in [2.75, 3.05) is 22.4 Å². The standard InChI is InChI=1S/C22H21FN2O4S/c1-30(27,28)25(20-9-5-8-18(23)14-20)15-22(26)24-19-10-12-21(13-11-19)29-16-17-6-3-2-4-7-17/h2-14H,15-16H2,1H3,(H,24,26). The van der Waals surface area contributed by atoms with Crippen LogP contribution < -0.4 is 14.4 Å². The molecule has 156 valence electrons. The van der Waals surface area contributed by atoms with Gasteiger partial charge in [-0.2, -0.15) is 0 Å². The summed E-state index contributed by atoms with van der Waals surface area (Å²) in [6.07, 6.45) is 0.962. The van der Waals surface area contributed by atoms with Crippen molar-refractivity contribution in [3.05, 3.63) is 90.2 Å². The van der Waals surface area contributed by atoms with E-state index in [-0.39, 0.29) is 5.69 Å². The molecule has 6 nitrogen and oxygen atoms in total. The van der Waals surface area contributed by atoms with Crippen molar-refractivity contribution < 1.29 is 22.3 Å². The van der Waals surface area contributed by atoms with E-state index in [1.54, 1.807) is 24.3 Å². The summed E-state index contributed by atoms with van der Waals surface area (Å²) < 4.78 is 44.2. The molecule has 3 aromatic carbocycles. The van der Waals surface area contributed by atoms with Crippen molar-refractivity contribution in [3.63, 3.8) is 0 Å². The van der Waals surface area contributed by atoms with Crippen LogP contribution in [0.5, 0.6) is 5.75 Å². The van der Waals surface area contributed by atoms with E-state index in [1.807, 2.05) is 30.3 Å². The van der Waals surface area contributed by atoms with Gasteiger partial charge in [0.25, 0.3) is 0 Å². The summed E-state index contributed by atoms with van der Waals surface area (Å²) in [5.41, 5.74) is 1.60. The third-order valence-electron chi connectivity index (χ3n) is 4.17. The maximum Gasteiger partial charge on any atom is 0.245 e. The van der Waals surface area contributed by atoms with Crippen LogP contribution in [-0.4, -0.2) is 27.1 Å². The van der Waals surface area contributed by atoms with Crippen molar-refractivity contribution >= 4 is 27.3 Å². The van der Waals surface area contributed by atoms with Gasteiger partial charge in [0.1, 0.15) is 24.7 Å². The van der Waals surface area contributed by atoms with Crippen molar-refractivity contribution in [2.24, 2.45) is 0 Å². The Labute approximate surface area is 175 Å². The third kappa shape index (κ3) is 6.05. The summed E-state index contributed by atoms with van der Waals surface area (Å²) in [5.74, 6) is -0.510. The van der Waals surface area contributed by atoms with Gasteiger partial charge in [0, 0.05) is 5.69 Å². The molecule has 30 heavy (non-hydrogen) atoms. The molecular formula is C22H21FN2O4S. The molecule has 0 unspecified atom stereocenters. The average molecular weight is 428 g/mol. The lowest BCUT2D eigenvalue weighted by molar-refractivity contribution is -0.114. The molecule has 1 N–H and O–H groups in total. The molecule has 0 aliphatic heterocycles. The van der Waals surface area contributed by atoms with Gasteiger partial charge in [0.2, 0.25) is 15.9 Å². The van der Waals surface area contributed by atoms with Crippen LogP contribution >= 0.6 is 0 Å². The molecule has 0 heterocycles. The zero-order valence-electron chi connectivity index (χ0n) is 16.3. The number of benzene rings is 3. The molecule has 0 radical (unpaired) electrons.